The van der Waals surface area contributed by atoms with Crippen LogP contribution in [0.15, 0.2) is 48.5 Å². The van der Waals surface area contributed by atoms with Crippen molar-refractivity contribution in [1.82, 2.24) is 5.32 Å². The maximum absolute atomic E-state index is 11.9. The highest BCUT2D eigenvalue weighted by molar-refractivity contribution is 5.90. The molecule has 2 N–H and O–H groups in total. The minimum Gasteiger partial charge on any atom is -0.494 e. The fourth-order valence-electron chi connectivity index (χ4n) is 2.17. The summed E-state index contributed by atoms with van der Waals surface area (Å²) in [6, 6.07) is 15.8. The second-order valence-corrected chi connectivity index (χ2v) is 5.42. The number of carbonyl (C=O) groups excluding carboxylic acids is 1. The number of carbonyl (C=O) groups is 1. The lowest BCUT2D eigenvalue weighted by Crippen LogP contribution is -2.21. The predicted octanol–water partition coefficient (Wildman–Crippen LogP) is 3.51. The zero-order valence-electron chi connectivity index (χ0n) is 13.8. The van der Waals surface area contributed by atoms with Gasteiger partial charge in [-0.2, -0.15) is 0 Å². The average molecular weight is 312 g/mol. The number of anilines is 1. The van der Waals surface area contributed by atoms with E-state index in [0.29, 0.717) is 19.6 Å². The Labute approximate surface area is 137 Å². The van der Waals surface area contributed by atoms with Gasteiger partial charge in [-0.3, -0.25) is 4.79 Å². The van der Waals surface area contributed by atoms with Gasteiger partial charge in [0, 0.05) is 25.2 Å². The molecule has 0 aliphatic rings. The zero-order valence-corrected chi connectivity index (χ0v) is 13.8. The zero-order chi connectivity index (χ0) is 16.5. The Morgan fingerprint density at radius 1 is 1.04 bits per heavy atom. The smallest absolute Gasteiger partial charge is 0.225 e. The number of ether oxygens (including phenoxy) is 1. The summed E-state index contributed by atoms with van der Waals surface area (Å²) >= 11 is 0. The molecule has 122 valence electrons. The Bertz CT molecular complexity index is 606. The maximum atomic E-state index is 11.9. The van der Waals surface area contributed by atoms with Crippen molar-refractivity contribution in [2.24, 2.45) is 0 Å². The first-order valence-electron chi connectivity index (χ1n) is 7.96. The van der Waals surface area contributed by atoms with Crippen LogP contribution in [-0.2, 0) is 11.3 Å². The van der Waals surface area contributed by atoms with Crippen LogP contribution in [0.1, 0.15) is 24.5 Å². The van der Waals surface area contributed by atoms with Crippen LogP contribution in [0, 0.1) is 6.92 Å². The predicted molar refractivity (Wildman–Crippen MR) is 93.7 cm³/mol. The largest absolute Gasteiger partial charge is 0.494 e. The van der Waals surface area contributed by atoms with Crippen molar-refractivity contribution in [2.45, 2.75) is 26.8 Å². The summed E-state index contributed by atoms with van der Waals surface area (Å²) in [5, 5.41) is 6.17. The van der Waals surface area contributed by atoms with E-state index in [9.17, 15) is 4.79 Å². The molecule has 23 heavy (non-hydrogen) atoms. The number of benzene rings is 2. The molecule has 0 aromatic heterocycles. The minimum atomic E-state index is 0.00515. The first-order valence-corrected chi connectivity index (χ1v) is 7.96. The van der Waals surface area contributed by atoms with Gasteiger partial charge in [-0.1, -0.05) is 29.8 Å². The second-order valence-electron chi connectivity index (χ2n) is 5.42. The Morgan fingerprint density at radius 2 is 1.74 bits per heavy atom. The maximum Gasteiger partial charge on any atom is 0.225 e. The molecular weight excluding hydrogens is 288 g/mol. The summed E-state index contributed by atoms with van der Waals surface area (Å²) in [6.07, 6.45) is 0.444. The van der Waals surface area contributed by atoms with Gasteiger partial charge >= 0.3 is 0 Å². The molecule has 0 fully saturated rings. The van der Waals surface area contributed by atoms with Gasteiger partial charge in [0.25, 0.3) is 0 Å². The van der Waals surface area contributed by atoms with Crippen molar-refractivity contribution in [3.63, 3.8) is 0 Å². The Morgan fingerprint density at radius 3 is 2.39 bits per heavy atom. The first kappa shape index (κ1) is 17.0. The molecule has 0 radical (unpaired) electrons. The SMILES string of the molecule is CCOc1ccc(NC(=O)CCNCc2ccc(C)cc2)cc1. The molecule has 2 aromatic rings. The molecule has 0 unspecified atom stereocenters. The van der Waals surface area contributed by atoms with Gasteiger partial charge in [-0.25, -0.2) is 0 Å². The van der Waals surface area contributed by atoms with Crippen molar-refractivity contribution in [3.8, 4) is 5.75 Å². The lowest BCUT2D eigenvalue weighted by Gasteiger charge is -2.08. The van der Waals surface area contributed by atoms with Gasteiger partial charge in [0.2, 0.25) is 5.91 Å². The van der Waals surface area contributed by atoms with Crippen LogP contribution in [0.25, 0.3) is 0 Å². The lowest BCUT2D eigenvalue weighted by atomic mass is 10.1. The molecule has 2 rings (SSSR count). The van der Waals surface area contributed by atoms with Crippen molar-refractivity contribution >= 4 is 11.6 Å². The van der Waals surface area contributed by atoms with Crippen molar-refractivity contribution in [2.75, 3.05) is 18.5 Å². The minimum absolute atomic E-state index is 0.00515. The van der Waals surface area contributed by atoms with Gasteiger partial charge in [-0.15, -0.1) is 0 Å². The third-order valence-corrected chi connectivity index (χ3v) is 3.43. The van der Waals surface area contributed by atoms with E-state index in [4.69, 9.17) is 4.74 Å². The summed E-state index contributed by atoms with van der Waals surface area (Å²) in [4.78, 5) is 11.9. The molecule has 4 heteroatoms. The molecule has 0 spiro atoms. The van der Waals surface area contributed by atoms with Crippen LogP contribution in [0.2, 0.25) is 0 Å². The van der Waals surface area contributed by atoms with E-state index in [1.165, 1.54) is 11.1 Å². The fraction of sp³-hybridized carbons (Fsp3) is 0.316. The van der Waals surface area contributed by atoms with E-state index in [0.717, 1.165) is 18.0 Å². The number of nitrogens with one attached hydrogen (secondary N) is 2. The van der Waals surface area contributed by atoms with Crippen molar-refractivity contribution in [3.05, 3.63) is 59.7 Å². The van der Waals surface area contributed by atoms with E-state index in [1.54, 1.807) is 0 Å². The van der Waals surface area contributed by atoms with Crippen LogP contribution >= 0.6 is 0 Å². The van der Waals surface area contributed by atoms with Crippen LogP contribution in [0.3, 0.4) is 0 Å². The summed E-state index contributed by atoms with van der Waals surface area (Å²) in [6.45, 7) is 6.08. The standard InChI is InChI=1S/C19H24N2O2/c1-3-23-18-10-8-17(9-11-18)21-19(22)12-13-20-14-16-6-4-15(2)5-7-16/h4-11,20H,3,12-14H2,1-2H3,(H,21,22). The van der Waals surface area contributed by atoms with E-state index in [2.05, 4.69) is 41.8 Å². The molecule has 4 nitrogen and oxygen atoms in total. The van der Waals surface area contributed by atoms with Gasteiger partial charge in [0.05, 0.1) is 6.61 Å². The Kier molecular flexibility index (Phi) is 6.63. The number of aryl methyl sites for hydroxylation is 1. The van der Waals surface area contributed by atoms with Gasteiger partial charge in [0.15, 0.2) is 0 Å². The lowest BCUT2D eigenvalue weighted by molar-refractivity contribution is -0.116. The quantitative estimate of drug-likeness (QED) is 0.733. The molecule has 0 saturated heterocycles. The highest BCUT2D eigenvalue weighted by Crippen LogP contribution is 2.15. The summed E-state index contributed by atoms with van der Waals surface area (Å²) in [5.74, 6) is 0.816. The molecule has 0 aliphatic carbocycles. The third-order valence-electron chi connectivity index (χ3n) is 3.43. The number of rotatable bonds is 8. The van der Waals surface area contributed by atoms with Crippen LogP contribution in [0.5, 0.6) is 5.75 Å². The molecular formula is C19H24N2O2. The number of hydrogen-bond donors (Lipinski definition) is 2. The summed E-state index contributed by atoms with van der Waals surface area (Å²) in [7, 11) is 0. The average Bonchev–Trinajstić information content (AvgIpc) is 2.55. The normalized spacial score (nSPS) is 10.3. The van der Waals surface area contributed by atoms with Crippen molar-refractivity contribution < 1.29 is 9.53 Å². The molecule has 1 amide bonds. The van der Waals surface area contributed by atoms with Crippen LogP contribution < -0.4 is 15.4 Å². The van der Waals surface area contributed by atoms with Crippen LogP contribution in [-0.4, -0.2) is 19.1 Å². The Hall–Kier alpha value is -2.33. The van der Waals surface area contributed by atoms with Crippen LogP contribution in [0.4, 0.5) is 5.69 Å². The summed E-state index contributed by atoms with van der Waals surface area (Å²) < 4.78 is 5.37. The van der Waals surface area contributed by atoms with Crippen molar-refractivity contribution in [1.29, 1.82) is 0 Å². The highest BCUT2D eigenvalue weighted by atomic mass is 16.5. The van der Waals surface area contributed by atoms with Gasteiger partial charge in [0.1, 0.15) is 5.75 Å². The third kappa shape index (κ3) is 6.12. The summed E-state index contributed by atoms with van der Waals surface area (Å²) in [5.41, 5.74) is 3.27. The second kappa shape index (κ2) is 8.96. The van der Waals surface area contributed by atoms with Gasteiger partial charge < -0.3 is 15.4 Å². The van der Waals surface area contributed by atoms with E-state index in [-0.39, 0.29) is 5.91 Å². The first-order chi connectivity index (χ1) is 11.2. The molecule has 0 aliphatic heterocycles. The number of amides is 1. The molecule has 0 saturated carbocycles. The van der Waals surface area contributed by atoms with E-state index >= 15 is 0 Å². The molecule has 0 atom stereocenters. The Balaban J connectivity index is 1.67. The highest BCUT2D eigenvalue weighted by Gasteiger charge is 2.02. The topological polar surface area (TPSA) is 50.4 Å². The van der Waals surface area contributed by atoms with E-state index < -0.39 is 0 Å². The van der Waals surface area contributed by atoms with Gasteiger partial charge in [-0.05, 0) is 43.7 Å². The van der Waals surface area contributed by atoms with E-state index in [1.807, 2.05) is 31.2 Å². The number of hydrogen-bond acceptors (Lipinski definition) is 3. The molecule has 0 heterocycles. The monoisotopic (exact) mass is 312 g/mol. The molecule has 0 bridgehead atoms. The fourth-order valence-corrected chi connectivity index (χ4v) is 2.17. The molecule has 2 aromatic carbocycles.